The Balaban J connectivity index is 2.37. The van der Waals surface area contributed by atoms with Crippen LogP contribution >= 0.6 is 15.9 Å². The van der Waals surface area contributed by atoms with Crippen LogP contribution in [0.4, 0.5) is 0 Å². The van der Waals surface area contributed by atoms with E-state index in [1.54, 1.807) is 0 Å². The van der Waals surface area contributed by atoms with E-state index in [2.05, 4.69) is 15.9 Å². The molecule has 8 heavy (non-hydrogen) atoms. The quantitative estimate of drug-likeness (QED) is 0.615. The molecule has 1 saturated carbocycles. The second kappa shape index (κ2) is 2.05. The fraction of sp³-hybridized carbons (Fsp3) is 0.800. The molecule has 0 amide bonds. The van der Waals surface area contributed by atoms with Gasteiger partial charge in [0.1, 0.15) is 0 Å². The highest BCUT2D eigenvalue weighted by Gasteiger charge is 2.34. The Labute approximate surface area is 56.0 Å². The molecule has 0 aromatic rings. The van der Waals surface area contributed by atoms with E-state index in [1.807, 2.05) is 0 Å². The number of rotatable bonds is 1. The highest BCUT2D eigenvalue weighted by atomic mass is 79.9. The summed E-state index contributed by atoms with van der Waals surface area (Å²) in [5.41, 5.74) is 0. The maximum Gasteiger partial charge on any atom is 0.307 e. The Morgan fingerprint density at radius 1 is 1.62 bits per heavy atom. The molecule has 2 atom stereocenters. The summed E-state index contributed by atoms with van der Waals surface area (Å²) in [7, 11) is 0. The summed E-state index contributed by atoms with van der Waals surface area (Å²) in [5.74, 6) is -0.784. The predicted octanol–water partition coefficient (Wildman–Crippen LogP) is 1.24. The summed E-state index contributed by atoms with van der Waals surface area (Å²) >= 11 is 3.25. The molecular weight excluding hydrogens is 172 g/mol. The van der Waals surface area contributed by atoms with Gasteiger partial charge < -0.3 is 5.11 Å². The highest BCUT2D eigenvalue weighted by Crippen LogP contribution is 2.33. The first-order chi connectivity index (χ1) is 3.72. The van der Waals surface area contributed by atoms with Crippen LogP contribution in [0.2, 0.25) is 0 Å². The van der Waals surface area contributed by atoms with Crippen LogP contribution in [0.25, 0.3) is 0 Å². The number of carbonyl (C=O) groups is 1. The third-order valence-electron chi connectivity index (χ3n) is 1.51. The van der Waals surface area contributed by atoms with E-state index in [1.165, 1.54) is 0 Å². The summed E-state index contributed by atoms with van der Waals surface area (Å²) in [6.45, 7) is 0. The lowest BCUT2D eigenvalue weighted by Gasteiger charge is -2.27. The van der Waals surface area contributed by atoms with Gasteiger partial charge in [-0.25, -0.2) is 0 Å². The number of carboxylic acid groups (broad SMARTS) is 1. The molecule has 1 aliphatic rings. The Morgan fingerprint density at radius 2 is 2.25 bits per heavy atom. The highest BCUT2D eigenvalue weighted by molar-refractivity contribution is 9.09. The normalized spacial score (nSPS) is 36.1. The van der Waals surface area contributed by atoms with Crippen LogP contribution in [0, 0.1) is 5.92 Å². The number of alkyl halides is 1. The maximum absolute atomic E-state index is 10.2. The van der Waals surface area contributed by atoms with Gasteiger partial charge in [0, 0.05) is 4.83 Å². The third-order valence-corrected chi connectivity index (χ3v) is 2.60. The van der Waals surface area contributed by atoms with Crippen LogP contribution < -0.4 is 0 Å². The van der Waals surface area contributed by atoms with Gasteiger partial charge in [0.2, 0.25) is 0 Å². The van der Waals surface area contributed by atoms with E-state index in [0.29, 0.717) is 0 Å². The average Bonchev–Trinajstić information content (AvgIpc) is 1.61. The third kappa shape index (κ3) is 0.869. The molecule has 46 valence electrons. The molecule has 0 radical (unpaired) electrons. The largest absolute Gasteiger partial charge is 0.481 e. The fourth-order valence-corrected chi connectivity index (χ4v) is 1.49. The van der Waals surface area contributed by atoms with Crippen molar-refractivity contribution >= 4 is 21.9 Å². The van der Waals surface area contributed by atoms with Gasteiger partial charge in [-0.1, -0.05) is 15.9 Å². The van der Waals surface area contributed by atoms with Crippen LogP contribution in [-0.4, -0.2) is 15.9 Å². The van der Waals surface area contributed by atoms with Crippen LogP contribution in [0.3, 0.4) is 0 Å². The van der Waals surface area contributed by atoms with E-state index >= 15 is 0 Å². The van der Waals surface area contributed by atoms with Crippen molar-refractivity contribution in [1.82, 2.24) is 0 Å². The van der Waals surface area contributed by atoms with E-state index in [0.717, 1.165) is 12.8 Å². The summed E-state index contributed by atoms with van der Waals surface area (Å²) < 4.78 is 0. The second-order valence-electron chi connectivity index (χ2n) is 2.04. The Morgan fingerprint density at radius 3 is 2.25 bits per heavy atom. The molecule has 1 aliphatic carbocycles. The summed E-state index contributed by atoms with van der Waals surface area (Å²) in [5, 5.41) is 8.37. The average molecular weight is 179 g/mol. The molecule has 1 N–H and O–H groups in total. The standard InChI is InChI=1S/C5H7BrO2/c6-4-2-1-3(4)5(7)8/h3-4H,1-2H2,(H,7,8)/t3-,4-/m1/s1. The Bertz CT molecular complexity index is 113. The second-order valence-corrected chi connectivity index (χ2v) is 3.21. The molecule has 0 bridgehead atoms. The minimum atomic E-state index is -0.668. The SMILES string of the molecule is O=C(O)[C@@H]1CC[C@H]1Br. The molecule has 0 unspecified atom stereocenters. The molecule has 0 heterocycles. The monoisotopic (exact) mass is 178 g/mol. The van der Waals surface area contributed by atoms with Crippen molar-refractivity contribution in [1.29, 1.82) is 0 Å². The zero-order chi connectivity index (χ0) is 6.15. The number of halogens is 1. The van der Waals surface area contributed by atoms with Crippen molar-refractivity contribution in [2.45, 2.75) is 17.7 Å². The van der Waals surface area contributed by atoms with Gasteiger partial charge in [-0.05, 0) is 12.8 Å². The molecule has 0 aliphatic heterocycles. The van der Waals surface area contributed by atoms with E-state index in [4.69, 9.17) is 5.11 Å². The number of aliphatic carboxylic acids is 1. The predicted molar refractivity (Wildman–Crippen MR) is 33.1 cm³/mol. The molecule has 2 nitrogen and oxygen atoms in total. The van der Waals surface area contributed by atoms with Gasteiger partial charge in [-0.2, -0.15) is 0 Å². The number of hydrogen-bond donors (Lipinski definition) is 1. The van der Waals surface area contributed by atoms with Crippen molar-refractivity contribution in [3.63, 3.8) is 0 Å². The van der Waals surface area contributed by atoms with Crippen molar-refractivity contribution in [3.05, 3.63) is 0 Å². The lowest BCUT2D eigenvalue weighted by atomic mass is 9.85. The van der Waals surface area contributed by atoms with E-state index in [-0.39, 0.29) is 10.7 Å². The van der Waals surface area contributed by atoms with E-state index in [9.17, 15) is 4.79 Å². The van der Waals surface area contributed by atoms with Crippen LogP contribution in [0.5, 0.6) is 0 Å². The molecule has 1 fully saturated rings. The van der Waals surface area contributed by atoms with Crippen molar-refractivity contribution in [2.24, 2.45) is 5.92 Å². The first kappa shape index (κ1) is 6.08. The lowest BCUT2D eigenvalue weighted by Crippen LogP contribution is -2.32. The van der Waals surface area contributed by atoms with Gasteiger partial charge >= 0.3 is 5.97 Å². The Kier molecular flexibility index (Phi) is 1.56. The summed E-state index contributed by atoms with van der Waals surface area (Å²) in [6, 6.07) is 0. The number of hydrogen-bond acceptors (Lipinski definition) is 1. The van der Waals surface area contributed by atoms with Gasteiger partial charge in [-0.15, -0.1) is 0 Å². The summed E-state index contributed by atoms with van der Waals surface area (Å²) in [4.78, 5) is 10.4. The van der Waals surface area contributed by atoms with Crippen molar-refractivity contribution in [2.75, 3.05) is 0 Å². The van der Waals surface area contributed by atoms with Gasteiger partial charge in [-0.3, -0.25) is 4.79 Å². The molecule has 0 aromatic carbocycles. The molecule has 1 rings (SSSR count). The first-order valence-corrected chi connectivity index (χ1v) is 3.50. The van der Waals surface area contributed by atoms with Gasteiger partial charge in [0.05, 0.1) is 5.92 Å². The fourth-order valence-electron chi connectivity index (χ4n) is 0.738. The number of carboxylic acids is 1. The first-order valence-electron chi connectivity index (χ1n) is 2.58. The van der Waals surface area contributed by atoms with Crippen LogP contribution in [-0.2, 0) is 4.79 Å². The van der Waals surface area contributed by atoms with E-state index < -0.39 is 5.97 Å². The summed E-state index contributed by atoms with van der Waals surface area (Å²) in [6.07, 6.45) is 1.85. The zero-order valence-corrected chi connectivity index (χ0v) is 5.89. The maximum atomic E-state index is 10.2. The molecule has 0 aromatic heterocycles. The molecule has 3 heteroatoms. The minimum Gasteiger partial charge on any atom is -0.481 e. The van der Waals surface area contributed by atoms with Gasteiger partial charge in [0.25, 0.3) is 0 Å². The topological polar surface area (TPSA) is 37.3 Å². The zero-order valence-electron chi connectivity index (χ0n) is 4.30. The van der Waals surface area contributed by atoms with Crippen LogP contribution in [0.1, 0.15) is 12.8 Å². The molecular formula is C5H7BrO2. The van der Waals surface area contributed by atoms with Gasteiger partial charge in [0.15, 0.2) is 0 Å². The van der Waals surface area contributed by atoms with Crippen molar-refractivity contribution in [3.8, 4) is 0 Å². The van der Waals surface area contributed by atoms with Crippen LogP contribution in [0.15, 0.2) is 0 Å². The molecule has 0 spiro atoms. The smallest absolute Gasteiger partial charge is 0.307 e. The minimum absolute atomic E-state index is 0.116. The molecule has 0 saturated heterocycles. The Hall–Kier alpha value is -0.0500. The lowest BCUT2D eigenvalue weighted by molar-refractivity contribution is -0.143. The van der Waals surface area contributed by atoms with Crippen molar-refractivity contribution < 1.29 is 9.90 Å².